The van der Waals surface area contributed by atoms with Crippen LogP contribution in [0.2, 0.25) is 10.0 Å². The highest BCUT2D eigenvalue weighted by atomic mass is 35.5. The summed E-state index contributed by atoms with van der Waals surface area (Å²) in [5.41, 5.74) is 0. The van der Waals surface area contributed by atoms with Crippen molar-refractivity contribution in [2.24, 2.45) is 0 Å². The quantitative estimate of drug-likeness (QED) is 0.610. The predicted molar refractivity (Wildman–Crippen MR) is 38.1 cm³/mol. The molecule has 1 rings (SSSR count). The van der Waals surface area contributed by atoms with E-state index in [1.165, 1.54) is 6.07 Å². The topological polar surface area (TPSA) is 20.2 Å². The second-order valence-corrected chi connectivity index (χ2v) is 2.48. The molecule has 0 unspecified atom stereocenters. The zero-order valence-electron chi connectivity index (χ0n) is 4.74. The van der Waals surface area contributed by atoms with Crippen molar-refractivity contribution in [1.29, 1.82) is 0 Å². The van der Waals surface area contributed by atoms with E-state index in [2.05, 4.69) is 0 Å². The minimum Gasteiger partial charge on any atom is -0.504 e. The van der Waals surface area contributed by atoms with Gasteiger partial charge < -0.3 is 5.11 Å². The summed E-state index contributed by atoms with van der Waals surface area (Å²) in [5.74, 6) is -1.37. The third kappa shape index (κ3) is 1.18. The number of rotatable bonds is 0. The smallest absolute Gasteiger partial charge is 0.171 e. The van der Waals surface area contributed by atoms with Crippen LogP contribution in [0.1, 0.15) is 0 Å². The highest BCUT2D eigenvalue weighted by Gasteiger charge is 2.07. The molecular formula is C6H3Cl2FO. The molecule has 0 saturated heterocycles. The molecule has 0 bridgehead atoms. The summed E-state index contributed by atoms with van der Waals surface area (Å²) in [5, 5.41) is 8.78. The van der Waals surface area contributed by atoms with Gasteiger partial charge in [0.2, 0.25) is 0 Å². The molecule has 0 amide bonds. The number of hydrogen-bond acceptors (Lipinski definition) is 1. The van der Waals surface area contributed by atoms with Gasteiger partial charge >= 0.3 is 0 Å². The fourth-order valence-corrected chi connectivity index (χ4v) is 0.822. The lowest BCUT2D eigenvalue weighted by Gasteiger charge is -1.98. The lowest BCUT2D eigenvalue weighted by Crippen LogP contribution is -1.76. The van der Waals surface area contributed by atoms with Gasteiger partial charge in [-0.1, -0.05) is 23.2 Å². The molecule has 1 nitrogen and oxygen atoms in total. The number of phenols is 1. The monoisotopic (exact) mass is 180 g/mol. The second-order valence-electron chi connectivity index (χ2n) is 1.69. The van der Waals surface area contributed by atoms with Crippen LogP contribution in [0.4, 0.5) is 4.39 Å². The second kappa shape index (κ2) is 2.64. The summed E-state index contributed by atoms with van der Waals surface area (Å²) < 4.78 is 12.4. The van der Waals surface area contributed by atoms with Crippen molar-refractivity contribution in [2.45, 2.75) is 0 Å². The van der Waals surface area contributed by atoms with E-state index >= 15 is 0 Å². The van der Waals surface area contributed by atoms with Gasteiger partial charge in [0, 0.05) is 0 Å². The molecule has 0 aliphatic rings. The largest absolute Gasteiger partial charge is 0.504 e. The maximum atomic E-state index is 12.4. The standard InChI is InChI=1S/C6H3Cl2FO/c7-3-1-2-4(9)6(10)5(3)8/h1-2,10H. The van der Waals surface area contributed by atoms with Gasteiger partial charge in [0.1, 0.15) is 5.02 Å². The van der Waals surface area contributed by atoms with E-state index in [0.29, 0.717) is 0 Å². The SMILES string of the molecule is Oc1c(F)ccc(Cl)c1Cl. The van der Waals surface area contributed by atoms with Crippen molar-refractivity contribution in [3.05, 3.63) is 28.0 Å². The van der Waals surface area contributed by atoms with Crippen LogP contribution >= 0.6 is 23.2 Å². The average molecular weight is 181 g/mol. The van der Waals surface area contributed by atoms with Crippen LogP contribution in [0.25, 0.3) is 0 Å². The summed E-state index contributed by atoms with van der Waals surface area (Å²) in [6, 6.07) is 2.32. The number of hydrogen-bond donors (Lipinski definition) is 1. The molecule has 0 aromatic heterocycles. The first-order chi connectivity index (χ1) is 4.63. The van der Waals surface area contributed by atoms with Crippen molar-refractivity contribution < 1.29 is 9.50 Å². The van der Waals surface area contributed by atoms with Crippen molar-refractivity contribution in [2.75, 3.05) is 0 Å². The van der Waals surface area contributed by atoms with Crippen LogP contribution < -0.4 is 0 Å². The van der Waals surface area contributed by atoms with E-state index in [1.54, 1.807) is 0 Å². The lowest BCUT2D eigenvalue weighted by molar-refractivity contribution is 0.433. The number of phenolic OH excluding ortho intramolecular Hbond substituents is 1. The van der Waals surface area contributed by atoms with Gasteiger partial charge in [0.25, 0.3) is 0 Å². The minimum absolute atomic E-state index is 0.139. The summed E-state index contributed by atoms with van der Waals surface area (Å²) in [4.78, 5) is 0. The number of aromatic hydroxyl groups is 1. The van der Waals surface area contributed by atoms with Crippen LogP contribution in [0.5, 0.6) is 5.75 Å². The van der Waals surface area contributed by atoms with Crippen molar-refractivity contribution >= 4 is 23.2 Å². The Morgan fingerprint density at radius 3 is 2.40 bits per heavy atom. The molecular weight excluding hydrogens is 178 g/mol. The molecule has 1 aromatic carbocycles. The highest BCUT2D eigenvalue weighted by Crippen LogP contribution is 2.32. The first-order valence-electron chi connectivity index (χ1n) is 2.45. The van der Waals surface area contributed by atoms with Crippen LogP contribution in [-0.4, -0.2) is 5.11 Å². The third-order valence-corrected chi connectivity index (χ3v) is 1.81. The third-order valence-electron chi connectivity index (χ3n) is 1.02. The van der Waals surface area contributed by atoms with Crippen LogP contribution in [-0.2, 0) is 0 Å². The van der Waals surface area contributed by atoms with Gasteiger partial charge in [0.05, 0.1) is 5.02 Å². The number of benzene rings is 1. The Morgan fingerprint density at radius 1 is 1.30 bits per heavy atom. The van der Waals surface area contributed by atoms with Gasteiger partial charge in [0.15, 0.2) is 11.6 Å². The molecule has 0 fully saturated rings. The van der Waals surface area contributed by atoms with E-state index in [9.17, 15) is 4.39 Å². The predicted octanol–water partition coefficient (Wildman–Crippen LogP) is 2.84. The van der Waals surface area contributed by atoms with E-state index in [0.717, 1.165) is 6.07 Å². The summed E-state index contributed by atoms with van der Waals surface area (Å²) in [6.07, 6.45) is 0. The molecule has 0 radical (unpaired) electrons. The van der Waals surface area contributed by atoms with E-state index in [-0.39, 0.29) is 10.0 Å². The fraction of sp³-hybridized carbons (Fsp3) is 0. The molecule has 0 spiro atoms. The van der Waals surface area contributed by atoms with Crippen molar-refractivity contribution in [3.8, 4) is 5.75 Å². The van der Waals surface area contributed by atoms with Gasteiger partial charge in [-0.15, -0.1) is 0 Å². The maximum Gasteiger partial charge on any atom is 0.171 e. The Bertz CT molecular complexity index is 235. The van der Waals surface area contributed by atoms with E-state index in [1.807, 2.05) is 0 Å². The first-order valence-corrected chi connectivity index (χ1v) is 3.21. The van der Waals surface area contributed by atoms with Gasteiger partial charge in [-0.25, -0.2) is 4.39 Å². The Kier molecular flexibility index (Phi) is 2.02. The molecule has 0 saturated carbocycles. The molecule has 10 heavy (non-hydrogen) atoms. The first kappa shape index (κ1) is 7.63. The van der Waals surface area contributed by atoms with Crippen molar-refractivity contribution in [3.63, 3.8) is 0 Å². The van der Waals surface area contributed by atoms with Crippen molar-refractivity contribution in [1.82, 2.24) is 0 Å². The Labute approximate surface area is 67.0 Å². The highest BCUT2D eigenvalue weighted by molar-refractivity contribution is 6.42. The molecule has 4 heteroatoms. The van der Waals surface area contributed by atoms with Crippen LogP contribution in [0, 0.1) is 5.82 Å². The van der Waals surface area contributed by atoms with E-state index in [4.69, 9.17) is 28.3 Å². The molecule has 1 aromatic rings. The number of halogens is 3. The molecule has 1 N–H and O–H groups in total. The zero-order valence-corrected chi connectivity index (χ0v) is 6.25. The van der Waals surface area contributed by atoms with Crippen LogP contribution in [0.15, 0.2) is 12.1 Å². The Balaban J connectivity index is 3.34. The minimum atomic E-state index is -0.769. The summed E-state index contributed by atoms with van der Waals surface area (Å²) in [6.45, 7) is 0. The van der Waals surface area contributed by atoms with Crippen LogP contribution in [0.3, 0.4) is 0 Å². The Hall–Kier alpha value is -0.470. The normalized spacial score (nSPS) is 9.90. The summed E-state index contributed by atoms with van der Waals surface area (Å²) >= 11 is 10.8. The van der Waals surface area contributed by atoms with Gasteiger partial charge in [-0.2, -0.15) is 0 Å². The lowest BCUT2D eigenvalue weighted by atomic mass is 10.3. The molecule has 54 valence electrons. The van der Waals surface area contributed by atoms with E-state index < -0.39 is 11.6 Å². The molecule has 0 heterocycles. The molecule has 0 atom stereocenters. The Morgan fingerprint density at radius 2 is 1.90 bits per heavy atom. The zero-order chi connectivity index (χ0) is 7.72. The maximum absolute atomic E-state index is 12.4. The molecule has 0 aliphatic heterocycles. The molecule has 0 aliphatic carbocycles. The fourth-order valence-electron chi connectivity index (χ4n) is 0.516. The average Bonchev–Trinajstić information content (AvgIpc) is 1.93. The van der Waals surface area contributed by atoms with Gasteiger partial charge in [-0.05, 0) is 12.1 Å². The van der Waals surface area contributed by atoms with Gasteiger partial charge in [-0.3, -0.25) is 0 Å². The summed E-state index contributed by atoms with van der Waals surface area (Å²) in [7, 11) is 0.